The molecular weight excluding hydrogens is 508 g/mol. The molecule has 0 amide bonds. The molecule has 8 N–H and O–H groups in total. The largest absolute Gasteiger partial charge is 0.368 e. The fraction of sp³-hybridized carbons (Fsp3) is 0.286. The van der Waals surface area contributed by atoms with E-state index in [2.05, 4.69) is 20.0 Å². The van der Waals surface area contributed by atoms with Crippen LogP contribution in [0.5, 0.6) is 0 Å². The van der Waals surface area contributed by atoms with Crippen LogP contribution < -0.4 is 22.9 Å². The summed E-state index contributed by atoms with van der Waals surface area (Å²) >= 11 is 0. The number of rotatable bonds is 13. The van der Waals surface area contributed by atoms with Crippen molar-refractivity contribution in [2.75, 3.05) is 13.2 Å². The first kappa shape index (κ1) is 28.3. The van der Waals surface area contributed by atoms with Crippen LogP contribution >= 0.6 is 0 Å². The molecule has 2 atom stereocenters. The number of unbranched alkanes of at least 4 members (excludes halogenated alkanes) is 3. The van der Waals surface area contributed by atoms with Gasteiger partial charge in [-0.25, -0.2) is 9.98 Å². The van der Waals surface area contributed by atoms with Gasteiger partial charge in [0, 0.05) is 0 Å². The lowest BCUT2D eigenvalue weighted by molar-refractivity contribution is -0.121. The molecular formula is C28H36N10O2. The Morgan fingerprint density at radius 1 is 0.600 bits per heavy atom. The minimum Gasteiger partial charge on any atom is -0.368 e. The van der Waals surface area contributed by atoms with E-state index in [1.54, 1.807) is 0 Å². The molecule has 40 heavy (non-hydrogen) atoms. The maximum absolute atomic E-state index is 6.06. The van der Waals surface area contributed by atoms with E-state index in [1.807, 2.05) is 85.0 Å². The van der Waals surface area contributed by atoms with Crippen LogP contribution in [-0.2, 0) is 9.68 Å². The van der Waals surface area contributed by atoms with Crippen molar-refractivity contribution >= 4 is 36.0 Å². The predicted molar refractivity (Wildman–Crippen MR) is 159 cm³/mol. The predicted octanol–water partition coefficient (Wildman–Crippen LogP) is 2.38. The van der Waals surface area contributed by atoms with Crippen molar-refractivity contribution in [2.45, 2.75) is 38.0 Å². The Hall–Kier alpha value is -4.68. The van der Waals surface area contributed by atoms with Crippen molar-refractivity contribution in [3.8, 4) is 0 Å². The summed E-state index contributed by atoms with van der Waals surface area (Å²) in [7, 11) is 0. The van der Waals surface area contributed by atoms with E-state index in [9.17, 15) is 0 Å². The number of benzene rings is 2. The van der Waals surface area contributed by atoms with Crippen molar-refractivity contribution in [1.29, 1.82) is 0 Å². The number of hydroxylamine groups is 4. The number of hydrogen-bond donors (Lipinski definition) is 4. The van der Waals surface area contributed by atoms with Crippen LogP contribution in [0.4, 0.5) is 0 Å². The maximum atomic E-state index is 6.06. The summed E-state index contributed by atoms with van der Waals surface area (Å²) in [4.78, 5) is 28.5. The molecule has 2 heterocycles. The molecule has 2 aliphatic rings. The lowest BCUT2D eigenvalue weighted by Gasteiger charge is -2.29. The van der Waals surface area contributed by atoms with Crippen molar-refractivity contribution in [3.63, 3.8) is 0 Å². The standard InChI is InChI=1S/C28H36N10O2/c29-25-33-23(17-15-21-11-5-3-6-12-21)37(27(31)35-25)39-19-9-1-2-10-20-40-38-24(34-26(30)36-28(38)32)18-16-22-13-7-4-8-14-22/h3-8,11-18,23-24H,1-2,9-10,19-20H2,(H4,29,31,33,35)(H4,30,32,34,36). The smallest absolute Gasteiger partial charge is 0.226 e. The third-order valence-corrected chi connectivity index (χ3v) is 5.94. The van der Waals surface area contributed by atoms with Crippen molar-refractivity contribution < 1.29 is 9.68 Å². The summed E-state index contributed by atoms with van der Waals surface area (Å²) in [5.41, 5.74) is 25.8. The van der Waals surface area contributed by atoms with E-state index in [-0.39, 0.29) is 23.8 Å². The van der Waals surface area contributed by atoms with Gasteiger partial charge in [-0.15, -0.1) is 0 Å². The van der Waals surface area contributed by atoms with Gasteiger partial charge in [-0.3, -0.25) is 9.68 Å². The maximum Gasteiger partial charge on any atom is 0.226 e. The molecule has 0 spiro atoms. The van der Waals surface area contributed by atoms with Crippen LogP contribution in [0.3, 0.4) is 0 Å². The van der Waals surface area contributed by atoms with Gasteiger partial charge in [0.1, 0.15) is 0 Å². The summed E-state index contributed by atoms with van der Waals surface area (Å²) in [6.07, 6.45) is 10.1. The lowest BCUT2D eigenvalue weighted by atomic mass is 10.2. The van der Waals surface area contributed by atoms with E-state index in [0.717, 1.165) is 36.8 Å². The molecule has 210 valence electrons. The molecule has 12 heteroatoms. The molecule has 0 fully saturated rings. The molecule has 12 nitrogen and oxygen atoms in total. The molecule has 2 aromatic carbocycles. The molecule has 0 aromatic heterocycles. The summed E-state index contributed by atoms with van der Waals surface area (Å²) in [6.45, 7) is 0.905. The lowest BCUT2D eigenvalue weighted by Crippen LogP contribution is -2.47. The Bertz CT molecular complexity index is 1180. The molecule has 2 aromatic rings. The van der Waals surface area contributed by atoms with Crippen LogP contribution in [0.1, 0.15) is 36.8 Å². The molecule has 4 rings (SSSR count). The van der Waals surface area contributed by atoms with Gasteiger partial charge >= 0.3 is 0 Å². The average molecular weight is 545 g/mol. The highest BCUT2D eigenvalue weighted by molar-refractivity contribution is 5.95. The van der Waals surface area contributed by atoms with E-state index in [1.165, 1.54) is 10.1 Å². The fourth-order valence-corrected chi connectivity index (χ4v) is 3.97. The Labute approximate surface area is 234 Å². The highest BCUT2D eigenvalue weighted by atomic mass is 16.7. The van der Waals surface area contributed by atoms with E-state index < -0.39 is 12.3 Å². The number of aliphatic imine (C=N–C) groups is 4. The molecule has 2 aliphatic heterocycles. The van der Waals surface area contributed by atoms with Crippen LogP contribution in [0.25, 0.3) is 12.2 Å². The van der Waals surface area contributed by atoms with Crippen LogP contribution in [0, 0.1) is 0 Å². The Balaban J connectivity index is 1.18. The summed E-state index contributed by atoms with van der Waals surface area (Å²) in [5, 5.41) is 2.96. The van der Waals surface area contributed by atoms with Gasteiger partial charge in [-0.2, -0.15) is 20.1 Å². The third-order valence-electron chi connectivity index (χ3n) is 5.94. The fourth-order valence-electron chi connectivity index (χ4n) is 3.97. The van der Waals surface area contributed by atoms with Gasteiger partial charge in [0.15, 0.2) is 12.3 Å². The quantitative estimate of drug-likeness (QED) is 0.278. The summed E-state index contributed by atoms with van der Waals surface area (Å²) < 4.78 is 0. The average Bonchev–Trinajstić information content (AvgIpc) is 2.95. The monoisotopic (exact) mass is 544 g/mol. The third kappa shape index (κ3) is 8.41. The van der Waals surface area contributed by atoms with E-state index in [4.69, 9.17) is 32.6 Å². The molecule has 0 saturated heterocycles. The number of hydrogen-bond acceptors (Lipinski definition) is 12. The van der Waals surface area contributed by atoms with Gasteiger partial charge in [-0.1, -0.05) is 85.7 Å². The number of nitrogens with two attached hydrogens (primary N) is 4. The Morgan fingerprint density at radius 2 is 1.00 bits per heavy atom. The Morgan fingerprint density at radius 3 is 1.40 bits per heavy atom. The second kappa shape index (κ2) is 14.5. The van der Waals surface area contributed by atoms with Crippen molar-refractivity contribution in [1.82, 2.24) is 10.1 Å². The van der Waals surface area contributed by atoms with Crippen LogP contribution in [0.15, 0.2) is 92.8 Å². The highest BCUT2D eigenvalue weighted by Gasteiger charge is 2.24. The molecule has 2 unspecified atom stereocenters. The van der Waals surface area contributed by atoms with E-state index >= 15 is 0 Å². The van der Waals surface area contributed by atoms with Gasteiger partial charge in [0.25, 0.3) is 0 Å². The van der Waals surface area contributed by atoms with Gasteiger partial charge in [0.05, 0.1) is 13.2 Å². The molecule has 0 aliphatic carbocycles. The normalized spacial score (nSPS) is 19.5. The minimum absolute atomic E-state index is 0.116. The van der Waals surface area contributed by atoms with Gasteiger partial charge in [-0.05, 0) is 36.1 Å². The minimum atomic E-state index is -0.497. The first-order chi connectivity index (χ1) is 19.5. The van der Waals surface area contributed by atoms with Gasteiger partial charge < -0.3 is 22.9 Å². The molecule has 0 bridgehead atoms. The van der Waals surface area contributed by atoms with Crippen LogP contribution in [-0.4, -0.2) is 59.5 Å². The zero-order valence-electron chi connectivity index (χ0n) is 22.3. The molecule has 0 saturated carbocycles. The summed E-state index contributed by atoms with van der Waals surface area (Å²) in [5.74, 6) is 0.573. The SMILES string of the molecule is NC1=NC(C=Cc2ccccc2)N(OCCCCCCON2C(N)=NC(N)=NC2C=Cc2ccccc2)C(N)=N1. The van der Waals surface area contributed by atoms with Crippen molar-refractivity contribution in [3.05, 3.63) is 83.9 Å². The topological polar surface area (TPSA) is 178 Å². The first-order valence-electron chi connectivity index (χ1n) is 13.2. The van der Waals surface area contributed by atoms with E-state index in [0.29, 0.717) is 13.2 Å². The number of nitrogens with zero attached hydrogens (tertiary/aromatic N) is 6. The number of guanidine groups is 4. The second-order valence-electron chi connectivity index (χ2n) is 9.01. The van der Waals surface area contributed by atoms with Crippen LogP contribution in [0.2, 0.25) is 0 Å². The molecule has 0 radical (unpaired) electrons. The zero-order chi connectivity index (χ0) is 28.2. The highest BCUT2D eigenvalue weighted by Crippen LogP contribution is 2.15. The zero-order valence-corrected chi connectivity index (χ0v) is 22.3. The second-order valence-corrected chi connectivity index (χ2v) is 9.01. The van der Waals surface area contributed by atoms with Gasteiger partial charge in [0.2, 0.25) is 23.8 Å². The first-order valence-corrected chi connectivity index (χ1v) is 13.2. The summed E-state index contributed by atoms with van der Waals surface area (Å²) in [6, 6.07) is 19.8. The Kier molecular flexibility index (Phi) is 10.2. The van der Waals surface area contributed by atoms with Crippen molar-refractivity contribution in [2.24, 2.45) is 42.9 Å².